The summed E-state index contributed by atoms with van der Waals surface area (Å²) in [5, 5.41) is 0. The molecule has 1 atom stereocenters. The molecule has 0 fully saturated rings. The van der Waals surface area contributed by atoms with Gasteiger partial charge in [-0.15, -0.1) is 0 Å². The number of unbranched alkanes of at least 4 members (excludes halogenated alkanes) is 14. The fourth-order valence-corrected chi connectivity index (χ4v) is 3.41. The smallest absolute Gasteiger partial charge is 0.305 e. The predicted molar refractivity (Wildman–Crippen MR) is 115 cm³/mol. The molecule has 0 aliphatic carbocycles. The van der Waals surface area contributed by atoms with Crippen LogP contribution >= 0.6 is 0 Å². The van der Waals surface area contributed by atoms with Crippen molar-refractivity contribution in [2.45, 2.75) is 129 Å². The minimum Gasteiger partial charge on any atom is -0.465 e. The Labute approximate surface area is 169 Å². The van der Waals surface area contributed by atoms with E-state index >= 15 is 0 Å². The van der Waals surface area contributed by atoms with Crippen LogP contribution in [0.4, 0.5) is 0 Å². The molecule has 0 bridgehead atoms. The van der Waals surface area contributed by atoms with Gasteiger partial charge in [0.25, 0.3) is 0 Å². The lowest BCUT2D eigenvalue weighted by Gasteiger charge is -2.11. The summed E-state index contributed by atoms with van der Waals surface area (Å²) < 4.78 is 5.27. The van der Waals surface area contributed by atoms with Crippen molar-refractivity contribution in [3.63, 3.8) is 0 Å². The molecule has 0 aliphatic heterocycles. The summed E-state index contributed by atoms with van der Waals surface area (Å²) in [5.41, 5.74) is 0. The average molecular weight is 383 g/mol. The first-order valence-corrected chi connectivity index (χ1v) is 11.8. The number of hydrogen-bond acceptors (Lipinski definition) is 3. The summed E-state index contributed by atoms with van der Waals surface area (Å²) in [6, 6.07) is 0. The minimum atomic E-state index is -0.103. The fraction of sp³-hybridized carbons (Fsp3) is 0.917. The van der Waals surface area contributed by atoms with Crippen LogP contribution in [0.15, 0.2) is 0 Å². The van der Waals surface area contributed by atoms with Crippen LogP contribution in [-0.2, 0) is 14.3 Å². The van der Waals surface area contributed by atoms with Gasteiger partial charge in [0.15, 0.2) is 0 Å². The number of carbonyl (C=O) groups is 2. The van der Waals surface area contributed by atoms with Crippen molar-refractivity contribution in [2.24, 2.45) is 5.92 Å². The lowest BCUT2D eigenvalue weighted by Crippen LogP contribution is -2.14. The Bertz CT molecular complexity index is 328. The first-order valence-electron chi connectivity index (χ1n) is 11.8. The molecule has 0 aromatic heterocycles. The van der Waals surface area contributed by atoms with Gasteiger partial charge in [-0.25, -0.2) is 0 Å². The number of hydrogen-bond donors (Lipinski definition) is 0. The zero-order chi connectivity index (χ0) is 20.0. The van der Waals surface area contributed by atoms with E-state index in [0.717, 1.165) is 25.5 Å². The van der Waals surface area contributed by atoms with E-state index in [2.05, 4.69) is 6.92 Å². The van der Waals surface area contributed by atoms with Crippen LogP contribution < -0.4 is 0 Å². The Morgan fingerprint density at radius 1 is 0.741 bits per heavy atom. The van der Waals surface area contributed by atoms with Crippen LogP contribution in [0, 0.1) is 5.92 Å². The van der Waals surface area contributed by atoms with Gasteiger partial charge in [0.1, 0.15) is 6.29 Å². The Kier molecular flexibility index (Phi) is 20.8. The molecule has 0 aromatic rings. The highest BCUT2D eigenvalue weighted by Crippen LogP contribution is 2.14. The van der Waals surface area contributed by atoms with E-state index in [4.69, 9.17) is 4.74 Å². The SMILES string of the molecule is CCCCCCCCCCCCCCCCCC(=O)OC[C@@H](CC)CC=O. The summed E-state index contributed by atoms with van der Waals surface area (Å²) in [6.07, 6.45) is 22.8. The van der Waals surface area contributed by atoms with E-state index in [1.807, 2.05) is 6.92 Å². The molecule has 0 heterocycles. The molecule has 0 saturated heterocycles. The normalized spacial score (nSPS) is 12.1. The Hall–Kier alpha value is -0.860. The number of aldehydes is 1. The zero-order valence-corrected chi connectivity index (χ0v) is 18.3. The van der Waals surface area contributed by atoms with Gasteiger partial charge in [-0.05, 0) is 18.8 Å². The minimum absolute atomic E-state index is 0.103. The van der Waals surface area contributed by atoms with Gasteiger partial charge in [-0.3, -0.25) is 4.79 Å². The van der Waals surface area contributed by atoms with Crippen molar-refractivity contribution in [2.75, 3.05) is 6.61 Å². The lowest BCUT2D eigenvalue weighted by molar-refractivity contribution is -0.145. The first-order chi connectivity index (χ1) is 13.2. The highest BCUT2D eigenvalue weighted by molar-refractivity contribution is 5.69. The predicted octanol–water partition coefficient (Wildman–Crippen LogP) is 7.41. The molecular weight excluding hydrogens is 336 g/mol. The Morgan fingerprint density at radius 3 is 1.59 bits per heavy atom. The maximum absolute atomic E-state index is 11.7. The van der Waals surface area contributed by atoms with E-state index in [9.17, 15) is 9.59 Å². The second-order valence-corrected chi connectivity index (χ2v) is 8.06. The highest BCUT2D eigenvalue weighted by Gasteiger charge is 2.09. The van der Waals surface area contributed by atoms with E-state index in [1.165, 1.54) is 83.5 Å². The van der Waals surface area contributed by atoms with Crippen LogP contribution in [0.2, 0.25) is 0 Å². The number of rotatable bonds is 21. The molecule has 0 saturated carbocycles. The summed E-state index contributed by atoms with van der Waals surface area (Å²) in [4.78, 5) is 22.2. The summed E-state index contributed by atoms with van der Waals surface area (Å²) >= 11 is 0. The largest absolute Gasteiger partial charge is 0.465 e. The number of carbonyl (C=O) groups excluding carboxylic acids is 2. The second-order valence-electron chi connectivity index (χ2n) is 8.06. The number of esters is 1. The van der Waals surface area contributed by atoms with Gasteiger partial charge in [-0.1, -0.05) is 104 Å². The molecule has 27 heavy (non-hydrogen) atoms. The molecular formula is C24H46O3. The Balaban J connectivity index is 3.24. The molecule has 0 radical (unpaired) electrons. The Morgan fingerprint density at radius 2 is 1.19 bits per heavy atom. The third kappa shape index (κ3) is 19.7. The van der Waals surface area contributed by atoms with E-state index < -0.39 is 0 Å². The summed E-state index contributed by atoms with van der Waals surface area (Å²) in [6.45, 7) is 4.69. The van der Waals surface area contributed by atoms with Crippen molar-refractivity contribution in [3.05, 3.63) is 0 Å². The molecule has 3 heteroatoms. The van der Waals surface area contributed by atoms with Crippen molar-refractivity contribution in [1.29, 1.82) is 0 Å². The van der Waals surface area contributed by atoms with Gasteiger partial charge >= 0.3 is 5.97 Å². The molecule has 0 N–H and O–H groups in total. The van der Waals surface area contributed by atoms with Crippen molar-refractivity contribution < 1.29 is 14.3 Å². The van der Waals surface area contributed by atoms with Crippen molar-refractivity contribution in [1.82, 2.24) is 0 Å². The first kappa shape index (κ1) is 26.1. The molecule has 0 amide bonds. The van der Waals surface area contributed by atoms with E-state index in [1.54, 1.807) is 0 Å². The quantitative estimate of drug-likeness (QED) is 0.118. The zero-order valence-electron chi connectivity index (χ0n) is 18.3. The lowest BCUT2D eigenvalue weighted by atomic mass is 10.0. The number of ether oxygens (including phenoxy) is 1. The molecule has 0 rings (SSSR count). The van der Waals surface area contributed by atoms with Gasteiger partial charge in [-0.2, -0.15) is 0 Å². The monoisotopic (exact) mass is 382 g/mol. The molecule has 0 aliphatic rings. The molecule has 0 unspecified atom stereocenters. The van der Waals surface area contributed by atoms with E-state index in [0.29, 0.717) is 19.4 Å². The summed E-state index contributed by atoms with van der Waals surface area (Å²) in [5.74, 6) is 0.0848. The fourth-order valence-electron chi connectivity index (χ4n) is 3.41. The molecule has 0 aromatic carbocycles. The van der Waals surface area contributed by atoms with Gasteiger partial charge < -0.3 is 9.53 Å². The standard InChI is InChI=1S/C24H46O3/c1-3-5-6-7-8-9-10-11-12-13-14-15-16-17-18-19-24(26)27-22-23(4-2)20-21-25/h21,23H,3-20,22H2,1-2H3/t23-/m0/s1. The van der Waals surface area contributed by atoms with E-state index in [-0.39, 0.29) is 11.9 Å². The van der Waals surface area contributed by atoms with Gasteiger partial charge in [0.2, 0.25) is 0 Å². The van der Waals surface area contributed by atoms with Crippen LogP contribution in [0.1, 0.15) is 129 Å². The summed E-state index contributed by atoms with van der Waals surface area (Å²) in [7, 11) is 0. The van der Waals surface area contributed by atoms with Crippen molar-refractivity contribution >= 4 is 12.3 Å². The average Bonchev–Trinajstić information content (AvgIpc) is 2.68. The topological polar surface area (TPSA) is 43.4 Å². The molecule has 3 nitrogen and oxygen atoms in total. The van der Waals surface area contributed by atoms with Crippen LogP contribution in [0.5, 0.6) is 0 Å². The van der Waals surface area contributed by atoms with Crippen LogP contribution in [0.3, 0.4) is 0 Å². The van der Waals surface area contributed by atoms with Gasteiger partial charge in [0.05, 0.1) is 6.61 Å². The second kappa shape index (κ2) is 21.4. The third-order valence-corrected chi connectivity index (χ3v) is 5.47. The van der Waals surface area contributed by atoms with Crippen molar-refractivity contribution in [3.8, 4) is 0 Å². The highest BCUT2D eigenvalue weighted by atomic mass is 16.5. The third-order valence-electron chi connectivity index (χ3n) is 5.47. The maximum atomic E-state index is 11.7. The maximum Gasteiger partial charge on any atom is 0.305 e. The molecule has 0 spiro atoms. The van der Waals surface area contributed by atoms with Crippen LogP contribution in [-0.4, -0.2) is 18.9 Å². The van der Waals surface area contributed by atoms with Gasteiger partial charge in [0, 0.05) is 12.8 Å². The molecule has 160 valence electrons. The van der Waals surface area contributed by atoms with Crippen LogP contribution in [0.25, 0.3) is 0 Å².